The third kappa shape index (κ3) is 4.17. The van der Waals surface area contributed by atoms with Crippen molar-refractivity contribution < 1.29 is 19.1 Å². The fourth-order valence-corrected chi connectivity index (χ4v) is 4.18. The summed E-state index contributed by atoms with van der Waals surface area (Å²) < 4.78 is 13.2. The summed E-state index contributed by atoms with van der Waals surface area (Å²) in [6.45, 7) is 4.37. The number of carbonyl (C=O) groups excluding carboxylic acids is 2. The van der Waals surface area contributed by atoms with Crippen molar-refractivity contribution in [2.45, 2.75) is 38.3 Å². The first kappa shape index (κ1) is 21.0. The number of aliphatic hydroxyl groups is 1. The molecule has 0 saturated carbocycles. The molecule has 5 nitrogen and oxygen atoms in total. The van der Waals surface area contributed by atoms with Crippen LogP contribution in [-0.2, 0) is 4.79 Å². The first-order valence-electron chi connectivity index (χ1n) is 10.0. The van der Waals surface area contributed by atoms with Crippen molar-refractivity contribution in [1.82, 2.24) is 9.80 Å². The highest BCUT2D eigenvalue weighted by molar-refractivity contribution is 5.94. The van der Waals surface area contributed by atoms with Gasteiger partial charge in [0.2, 0.25) is 5.91 Å². The summed E-state index contributed by atoms with van der Waals surface area (Å²) in [5, 5.41) is 9.94. The first-order valence-corrected chi connectivity index (χ1v) is 10.0. The van der Waals surface area contributed by atoms with E-state index in [0.29, 0.717) is 25.1 Å². The van der Waals surface area contributed by atoms with E-state index in [1.54, 1.807) is 16.7 Å². The summed E-state index contributed by atoms with van der Waals surface area (Å²) in [5.41, 5.74) is 1.46. The van der Waals surface area contributed by atoms with Gasteiger partial charge in [-0.2, -0.15) is 0 Å². The summed E-state index contributed by atoms with van der Waals surface area (Å²) in [6, 6.07) is 14.8. The van der Waals surface area contributed by atoms with E-state index in [9.17, 15) is 19.1 Å². The molecule has 2 amide bonds. The molecule has 0 radical (unpaired) electrons. The van der Waals surface area contributed by atoms with E-state index in [0.717, 1.165) is 5.56 Å². The molecule has 0 unspecified atom stereocenters. The van der Waals surface area contributed by atoms with Crippen molar-refractivity contribution in [1.29, 1.82) is 0 Å². The molecule has 6 heteroatoms. The molecule has 29 heavy (non-hydrogen) atoms. The van der Waals surface area contributed by atoms with Crippen LogP contribution in [0.2, 0.25) is 0 Å². The van der Waals surface area contributed by atoms with Crippen molar-refractivity contribution in [3.05, 3.63) is 71.5 Å². The molecule has 1 N–H and O–H groups in total. The van der Waals surface area contributed by atoms with Gasteiger partial charge in [0.25, 0.3) is 5.91 Å². The molecule has 1 fully saturated rings. The van der Waals surface area contributed by atoms with Gasteiger partial charge in [0, 0.05) is 31.0 Å². The fraction of sp³-hybridized carbons (Fsp3) is 0.391. The third-order valence-corrected chi connectivity index (χ3v) is 5.67. The van der Waals surface area contributed by atoms with Crippen LogP contribution in [0.3, 0.4) is 0 Å². The minimum atomic E-state index is -0.391. The number of hydrogen-bond acceptors (Lipinski definition) is 3. The second kappa shape index (κ2) is 9.18. The summed E-state index contributed by atoms with van der Waals surface area (Å²) in [7, 11) is 0. The van der Waals surface area contributed by atoms with Crippen LogP contribution in [0.5, 0.6) is 0 Å². The van der Waals surface area contributed by atoms with Gasteiger partial charge < -0.3 is 14.9 Å². The predicted octanol–water partition coefficient (Wildman–Crippen LogP) is 3.05. The van der Waals surface area contributed by atoms with Gasteiger partial charge in [0.15, 0.2) is 0 Å². The Kier molecular flexibility index (Phi) is 6.64. The summed E-state index contributed by atoms with van der Waals surface area (Å²) in [6.07, 6.45) is 0.340. The molecule has 0 bridgehead atoms. The minimum Gasteiger partial charge on any atom is -0.394 e. The molecule has 0 aliphatic carbocycles. The van der Waals surface area contributed by atoms with Gasteiger partial charge in [0.05, 0.1) is 18.7 Å². The molecule has 0 spiro atoms. The molecule has 0 aromatic heterocycles. The summed E-state index contributed by atoms with van der Waals surface area (Å²) in [5.74, 6) is -0.674. The minimum absolute atomic E-state index is 0.0356. The Bertz CT molecular complexity index is 841. The van der Waals surface area contributed by atoms with Crippen molar-refractivity contribution >= 4 is 11.8 Å². The van der Waals surface area contributed by atoms with Crippen LogP contribution in [0.1, 0.15) is 42.1 Å². The van der Waals surface area contributed by atoms with Crippen LogP contribution in [0.4, 0.5) is 4.39 Å². The molecule has 1 heterocycles. The predicted molar refractivity (Wildman–Crippen MR) is 109 cm³/mol. The topological polar surface area (TPSA) is 60.9 Å². The standard InChI is InChI=1S/C23H27FN2O3/c1-3-21(28)26-19(22(20(26)15-27)16-8-6-5-7-9-16)14-25(4-2)23(29)17-10-12-18(24)13-11-17/h5-13,19-20,22,27H,3-4,14-15H2,1-2H3/t19-,20-,22-/m1/s1. The number of likely N-dealkylation sites (N-methyl/N-ethyl adjacent to an activating group) is 1. The fourth-order valence-electron chi connectivity index (χ4n) is 4.18. The molecular weight excluding hydrogens is 371 g/mol. The van der Waals surface area contributed by atoms with Gasteiger partial charge in [-0.05, 0) is 36.8 Å². The Morgan fingerprint density at radius 3 is 2.24 bits per heavy atom. The third-order valence-electron chi connectivity index (χ3n) is 5.67. The summed E-state index contributed by atoms with van der Waals surface area (Å²) in [4.78, 5) is 28.9. The Labute approximate surface area is 170 Å². The lowest BCUT2D eigenvalue weighted by atomic mass is 9.74. The number of nitrogens with zero attached hydrogens (tertiary/aromatic N) is 2. The van der Waals surface area contributed by atoms with Gasteiger partial charge >= 0.3 is 0 Å². The van der Waals surface area contributed by atoms with E-state index in [-0.39, 0.29) is 36.4 Å². The van der Waals surface area contributed by atoms with Crippen LogP contribution in [0.15, 0.2) is 54.6 Å². The molecule has 1 saturated heterocycles. The van der Waals surface area contributed by atoms with E-state index in [4.69, 9.17) is 0 Å². The maximum atomic E-state index is 13.2. The van der Waals surface area contributed by atoms with Crippen molar-refractivity contribution in [2.24, 2.45) is 0 Å². The number of amides is 2. The van der Waals surface area contributed by atoms with Crippen LogP contribution >= 0.6 is 0 Å². The second-order valence-corrected chi connectivity index (χ2v) is 7.26. The van der Waals surface area contributed by atoms with Gasteiger partial charge in [-0.3, -0.25) is 9.59 Å². The molecule has 154 valence electrons. The van der Waals surface area contributed by atoms with Crippen molar-refractivity contribution in [3.8, 4) is 0 Å². The van der Waals surface area contributed by atoms with E-state index in [1.807, 2.05) is 37.3 Å². The largest absolute Gasteiger partial charge is 0.394 e. The number of rotatable bonds is 7. The smallest absolute Gasteiger partial charge is 0.253 e. The number of carbonyl (C=O) groups is 2. The van der Waals surface area contributed by atoms with Crippen LogP contribution in [0, 0.1) is 5.82 Å². The van der Waals surface area contributed by atoms with E-state index >= 15 is 0 Å². The second-order valence-electron chi connectivity index (χ2n) is 7.26. The Hall–Kier alpha value is -2.73. The van der Waals surface area contributed by atoms with E-state index in [2.05, 4.69) is 0 Å². The normalized spacial score (nSPS) is 20.8. The number of likely N-dealkylation sites (tertiary alicyclic amines) is 1. The summed E-state index contributed by atoms with van der Waals surface area (Å²) >= 11 is 0. The highest BCUT2D eigenvalue weighted by Gasteiger charge is 2.51. The molecule has 1 aliphatic rings. The number of aliphatic hydroxyl groups excluding tert-OH is 1. The van der Waals surface area contributed by atoms with Gasteiger partial charge in [0.1, 0.15) is 5.82 Å². The highest BCUT2D eigenvalue weighted by Crippen LogP contribution is 2.41. The Morgan fingerprint density at radius 2 is 1.69 bits per heavy atom. The average Bonchev–Trinajstić information content (AvgIpc) is 2.74. The van der Waals surface area contributed by atoms with Gasteiger partial charge in [-0.25, -0.2) is 4.39 Å². The Balaban J connectivity index is 1.87. The zero-order valence-electron chi connectivity index (χ0n) is 16.8. The monoisotopic (exact) mass is 398 g/mol. The van der Waals surface area contributed by atoms with Gasteiger partial charge in [-0.1, -0.05) is 37.3 Å². The zero-order chi connectivity index (χ0) is 21.0. The average molecular weight is 398 g/mol. The van der Waals surface area contributed by atoms with Crippen molar-refractivity contribution in [2.75, 3.05) is 19.7 Å². The molecule has 2 aromatic carbocycles. The maximum Gasteiger partial charge on any atom is 0.253 e. The number of benzene rings is 2. The zero-order valence-corrected chi connectivity index (χ0v) is 16.8. The quantitative estimate of drug-likeness (QED) is 0.780. The molecule has 2 aromatic rings. The molecule has 3 rings (SSSR count). The highest BCUT2D eigenvalue weighted by atomic mass is 19.1. The van der Waals surface area contributed by atoms with Crippen LogP contribution in [0.25, 0.3) is 0 Å². The molecule has 1 aliphatic heterocycles. The SMILES string of the molecule is CCC(=O)N1[C@H](CO)[C@H](c2ccccc2)[C@H]1CN(CC)C(=O)c1ccc(F)cc1. The number of hydrogen-bond donors (Lipinski definition) is 1. The lowest BCUT2D eigenvalue weighted by Gasteiger charge is -2.56. The molecule has 3 atom stereocenters. The van der Waals surface area contributed by atoms with Crippen LogP contribution in [-0.4, -0.2) is 58.5 Å². The first-order chi connectivity index (χ1) is 14.0. The lowest BCUT2D eigenvalue weighted by molar-refractivity contribution is -0.151. The van der Waals surface area contributed by atoms with E-state index in [1.165, 1.54) is 24.3 Å². The molecular formula is C23H27FN2O3. The lowest BCUT2D eigenvalue weighted by Crippen LogP contribution is -2.68. The number of halogens is 1. The van der Waals surface area contributed by atoms with Gasteiger partial charge in [-0.15, -0.1) is 0 Å². The van der Waals surface area contributed by atoms with E-state index < -0.39 is 5.82 Å². The maximum absolute atomic E-state index is 13.2. The Morgan fingerprint density at radius 1 is 1.03 bits per heavy atom. The van der Waals surface area contributed by atoms with Crippen molar-refractivity contribution in [3.63, 3.8) is 0 Å². The van der Waals surface area contributed by atoms with Crippen LogP contribution < -0.4 is 0 Å².